The van der Waals surface area contributed by atoms with Gasteiger partial charge in [-0.05, 0) is 82.2 Å². The maximum Gasteiger partial charge on any atom is 0.253 e. The van der Waals surface area contributed by atoms with Crippen molar-refractivity contribution in [1.82, 2.24) is 15.6 Å². The Morgan fingerprint density at radius 1 is 1.17 bits per heavy atom. The second-order valence-corrected chi connectivity index (χ2v) is 10.2. The van der Waals surface area contributed by atoms with Gasteiger partial charge in [0.1, 0.15) is 0 Å². The summed E-state index contributed by atoms with van der Waals surface area (Å²) in [6, 6.07) is 10.2. The summed E-state index contributed by atoms with van der Waals surface area (Å²) in [6.45, 7) is 4.37. The van der Waals surface area contributed by atoms with Crippen LogP contribution in [0.1, 0.15) is 60.1 Å². The molecule has 0 bridgehead atoms. The number of fused-ring (bicyclic) bond motifs is 2. The number of piperidine rings is 1. The first-order valence-electron chi connectivity index (χ1n) is 12.0. The van der Waals surface area contributed by atoms with Crippen molar-refractivity contribution in [2.45, 2.75) is 56.9 Å². The van der Waals surface area contributed by atoms with Gasteiger partial charge in [-0.1, -0.05) is 29.8 Å². The fraction of sp³-hybridized carbons (Fsp3) is 0.500. The van der Waals surface area contributed by atoms with E-state index in [4.69, 9.17) is 11.6 Å². The Labute approximate surface area is 224 Å². The summed E-state index contributed by atoms with van der Waals surface area (Å²) in [4.78, 5) is 32.6. The van der Waals surface area contributed by atoms with Crippen molar-refractivity contribution in [3.63, 3.8) is 0 Å². The highest BCUT2D eigenvalue weighted by Crippen LogP contribution is 2.47. The van der Waals surface area contributed by atoms with Crippen molar-refractivity contribution in [3.05, 3.63) is 58.4 Å². The number of para-hydroxylation sites is 1. The lowest BCUT2D eigenvalue weighted by Crippen LogP contribution is -2.48. The summed E-state index contributed by atoms with van der Waals surface area (Å²) in [5.74, 6) is 0.619. The zero-order chi connectivity index (χ0) is 23.0. The van der Waals surface area contributed by atoms with Crippen molar-refractivity contribution >= 4 is 53.9 Å². The molecule has 2 aliphatic heterocycles. The number of carbonyl (C=O) groups excluding carboxylic acids is 2. The highest BCUT2D eigenvalue weighted by molar-refractivity contribution is 6.30. The van der Waals surface area contributed by atoms with Gasteiger partial charge in [0, 0.05) is 24.5 Å². The number of hydrogen-bond donors (Lipinski definition) is 2. The molecule has 2 aromatic rings. The number of benzene rings is 1. The first-order chi connectivity index (χ1) is 16.0. The second-order valence-electron chi connectivity index (χ2n) is 9.74. The van der Waals surface area contributed by atoms with Crippen LogP contribution < -0.4 is 15.5 Å². The molecular formula is C26H33Cl3N4O2. The van der Waals surface area contributed by atoms with Crippen LogP contribution in [-0.4, -0.2) is 42.5 Å². The molecule has 2 fully saturated rings. The lowest BCUT2D eigenvalue weighted by atomic mass is 9.74. The van der Waals surface area contributed by atoms with Crippen LogP contribution in [-0.2, 0) is 10.2 Å². The maximum absolute atomic E-state index is 13.7. The van der Waals surface area contributed by atoms with Gasteiger partial charge in [0.05, 0.1) is 21.7 Å². The van der Waals surface area contributed by atoms with Crippen LogP contribution >= 0.6 is 36.4 Å². The minimum atomic E-state index is -0.351. The Balaban J connectivity index is 0.00000171. The third kappa shape index (κ3) is 5.31. The molecule has 1 spiro atoms. The monoisotopic (exact) mass is 538 g/mol. The van der Waals surface area contributed by atoms with Gasteiger partial charge in [-0.2, -0.15) is 0 Å². The van der Waals surface area contributed by atoms with Crippen molar-refractivity contribution < 1.29 is 9.59 Å². The molecule has 1 aliphatic carbocycles. The predicted octanol–water partition coefficient (Wildman–Crippen LogP) is 4.84. The Hall–Kier alpha value is -1.86. The van der Waals surface area contributed by atoms with Crippen LogP contribution in [0.3, 0.4) is 0 Å². The molecule has 9 heteroatoms. The van der Waals surface area contributed by atoms with E-state index < -0.39 is 0 Å². The molecule has 6 nitrogen and oxygen atoms in total. The quantitative estimate of drug-likeness (QED) is 0.583. The Morgan fingerprint density at radius 3 is 2.57 bits per heavy atom. The van der Waals surface area contributed by atoms with Crippen LogP contribution in [0.5, 0.6) is 0 Å². The van der Waals surface area contributed by atoms with Gasteiger partial charge in [0.25, 0.3) is 5.91 Å². The van der Waals surface area contributed by atoms with E-state index in [9.17, 15) is 9.59 Å². The molecule has 0 atom stereocenters. The zero-order valence-corrected chi connectivity index (χ0v) is 22.3. The number of carbonyl (C=O) groups is 2. The van der Waals surface area contributed by atoms with E-state index in [1.165, 1.54) is 5.56 Å². The fourth-order valence-electron chi connectivity index (χ4n) is 5.86. The van der Waals surface area contributed by atoms with E-state index in [-0.39, 0.29) is 48.1 Å². The Bertz CT molecular complexity index is 1070. The molecule has 3 heterocycles. The molecule has 190 valence electrons. The van der Waals surface area contributed by atoms with Gasteiger partial charge < -0.3 is 15.5 Å². The molecule has 0 unspecified atom stereocenters. The lowest BCUT2D eigenvalue weighted by Gasteiger charge is -2.35. The molecule has 3 aliphatic rings. The van der Waals surface area contributed by atoms with Gasteiger partial charge in [-0.3, -0.25) is 14.6 Å². The summed E-state index contributed by atoms with van der Waals surface area (Å²) in [6.07, 6.45) is 7.14. The summed E-state index contributed by atoms with van der Waals surface area (Å²) >= 11 is 6.03. The normalized spacial score (nSPS) is 22.7. The molecule has 0 radical (unpaired) electrons. The van der Waals surface area contributed by atoms with Crippen molar-refractivity contribution in [2.75, 3.05) is 24.5 Å². The van der Waals surface area contributed by atoms with Crippen molar-refractivity contribution in [3.8, 4) is 0 Å². The minimum absolute atomic E-state index is 0. The summed E-state index contributed by atoms with van der Waals surface area (Å²) in [5, 5.41) is 7.04. The van der Waals surface area contributed by atoms with E-state index in [1.54, 1.807) is 12.3 Å². The van der Waals surface area contributed by atoms with Gasteiger partial charge in [0.15, 0.2) is 0 Å². The highest BCUT2D eigenvalue weighted by atomic mass is 35.5. The third-order valence-corrected chi connectivity index (χ3v) is 7.95. The van der Waals surface area contributed by atoms with Crippen LogP contribution in [0.4, 0.5) is 5.69 Å². The van der Waals surface area contributed by atoms with Gasteiger partial charge >= 0.3 is 0 Å². The van der Waals surface area contributed by atoms with Gasteiger partial charge in [0.2, 0.25) is 5.91 Å². The molecule has 1 aromatic heterocycles. The number of rotatable bonds is 4. The maximum atomic E-state index is 13.7. The summed E-state index contributed by atoms with van der Waals surface area (Å²) < 4.78 is 0. The van der Waals surface area contributed by atoms with Gasteiger partial charge in [-0.25, -0.2) is 0 Å². The van der Waals surface area contributed by atoms with Crippen LogP contribution in [0.2, 0.25) is 5.02 Å². The second kappa shape index (κ2) is 11.5. The summed E-state index contributed by atoms with van der Waals surface area (Å²) in [7, 11) is 0. The average Bonchev–Trinajstić information content (AvgIpc) is 3.05. The topological polar surface area (TPSA) is 74.3 Å². The molecule has 35 heavy (non-hydrogen) atoms. The molecule has 1 aromatic carbocycles. The number of amides is 2. The molecule has 5 rings (SSSR count). The minimum Gasteiger partial charge on any atom is -0.349 e. The standard InChI is InChI=1S/C26H31ClN4O2.2ClH/c1-17-21(14-19(27)15-29-17)24(32)30-20-8-6-18(7-9-20)16-31-23-5-3-2-4-22(23)26(25(31)33)10-12-28-13-11-26;;/h2-5,14-15,18,20,28H,6-13,16H2,1H3,(H,30,32);2*1H. The average molecular weight is 540 g/mol. The van der Waals surface area contributed by atoms with Crippen molar-refractivity contribution in [1.29, 1.82) is 0 Å². The number of hydrogen-bond acceptors (Lipinski definition) is 4. The van der Waals surface area contributed by atoms with E-state index in [0.717, 1.165) is 63.8 Å². The number of nitrogens with one attached hydrogen (secondary N) is 2. The number of pyridine rings is 1. The van der Waals surface area contributed by atoms with E-state index in [2.05, 4.69) is 38.7 Å². The molecule has 2 N–H and O–H groups in total. The lowest BCUT2D eigenvalue weighted by molar-refractivity contribution is -0.124. The predicted molar refractivity (Wildman–Crippen MR) is 144 cm³/mol. The molecule has 2 amide bonds. The van der Waals surface area contributed by atoms with E-state index in [0.29, 0.717) is 22.2 Å². The van der Waals surface area contributed by atoms with Crippen LogP contribution in [0, 0.1) is 12.8 Å². The largest absolute Gasteiger partial charge is 0.349 e. The first-order valence-corrected chi connectivity index (χ1v) is 12.4. The van der Waals surface area contributed by atoms with E-state index >= 15 is 0 Å². The highest BCUT2D eigenvalue weighted by Gasteiger charge is 2.51. The van der Waals surface area contributed by atoms with E-state index in [1.807, 2.05) is 13.0 Å². The number of halogens is 3. The molecule has 1 saturated heterocycles. The van der Waals surface area contributed by atoms with Gasteiger partial charge in [-0.15, -0.1) is 24.8 Å². The smallest absolute Gasteiger partial charge is 0.253 e. The molecule has 1 saturated carbocycles. The van der Waals surface area contributed by atoms with Crippen molar-refractivity contribution in [2.24, 2.45) is 5.92 Å². The number of anilines is 1. The SMILES string of the molecule is Cc1ncc(Cl)cc1C(=O)NC1CCC(CN2C(=O)C3(CCNCC3)c3ccccc32)CC1.Cl.Cl. The number of nitrogens with zero attached hydrogens (tertiary/aromatic N) is 2. The number of aromatic nitrogens is 1. The third-order valence-electron chi connectivity index (χ3n) is 7.74. The number of aryl methyl sites for hydroxylation is 1. The zero-order valence-electron chi connectivity index (χ0n) is 19.9. The Morgan fingerprint density at radius 2 is 1.86 bits per heavy atom. The fourth-order valence-corrected chi connectivity index (χ4v) is 6.02. The molecular weight excluding hydrogens is 507 g/mol. The first kappa shape index (κ1) is 27.7. The van der Waals surface area contributed by atoms with Crippen LogP contribution in [0.15, 0.2) is 36.5 Å². The summed E-state index contributed by atoms with van der Waals surface area (Å²) in [5.41, 5.74) is 3.18. The Kier molecular flexibility index (Phi) is 9.08. The van der Waals surface area contributed by atoms with Crippen LogP contribution in [0.25, 0.3) is 0 Å².